The molecular formula is C10H18N2O2. The number of nitrogens with two attached hydrogens (primary N) is 2. The van der Waals surface area contributed by atoms with E-state index in [1.165, 1.54) is 0 Å². The van der Waals surface area contributed by atoms with Crippen LogP contribution >= 0.6 is 0 Å². The van der Waals surface area contributed by atoms with Crippen LogP contribution in [0.15, 0.2) is 11.6 Å². The van der Waals surface area contributed by atoms with Crippen molar-refractivity contribution in [2.45, 2.75) is 33.1 Å². The first-order valence-electron chi connectivity index (χ1n) is 4.64. The van der Waals surface area contributed by atoms with Gasteiger partial charge in [0.25, 0.3) is 0 Å². The maximum atomic E-state index is 11.0. The van der Waals surface area contributed by atoms with Crippen LogP contribution in [0.4, 0.5) is 0 Å². The van der Waals surface area contributed by atoms with Gasteiger partial charge in [0, 0.05) is 12.3 Å². The summed E-state index contributed by atoms with van der Waals surface area (Å²) >= 11 is 0. The third-order valence-electron chi connectivity index (χ3n) is 1.95. The van der Waals surface area contributed by atoms with Gasteiger partial charge in [0.2, 0.25) is 11.8 Å². The quantitative estimate of drug-likeness (QED) is 0.616. The number of carbonyl (C=O) groups is 2. The highest BCUT2D eigenvalue weighted by Gasteiger charge is 2.14. The van der Waals surface area contributed by atoms with Crippen LogP contribution in [0.3, 0.4) is 0 Å². The van der Waals surface area contributed by atoms with Crippen molar-refractivity contribution in [2.75, 3.05) is 0 Å². The van der Waals surface area contributed by atoms with Gasteiger partial charge in [-0.05, 0) is 26.7 Å². The Balaban J connectivity index is 4.10. The molecule has 0 saturated heterocycles. The Labute approximate surface area is 84.3 Å². The number of allylic oxidation sites excluding steroid dienone is 2. The molecule has 4 N–H and O–H groups in total. The van der Waals surface area contributed by atoms with E-state index in [0.29, 0.717) is 12.8 Å². The van der Waals surface area contributed by atoms with Crippen molar-refractivity contribution in [3.05, 3.63) is 11.6 Å². The van der Waals surface area contributed by atoms with Crippen LogP contribution in [0.25, 0.3) is 0 Å². The molecule has 2 amide bonds. The van der Waals surface area contributed by atoms with Gasteiger partial charge < -0.3 is 11.5 Å². The second kappa shape index (κ2) is 6.18. The van der Waals surface area contributed by atoms with Gasteiger partial charge in [-0.3, -0.25) is 9.59 Å². The summed E-state index contributed by atoms with van der Waals surface area (Å²) in [5.41, 5.74) is 11.3. The highest BCUT2D eigenvalue weighted by atomic mass is 16.1. The van der Waals surface area contributed by atoms with Gasteiger partial charge in [-0.25, -0.2) is 0 Å². The van der Waals surface area contributed by atoms with Crippen LogP contribution < -0.4 is 11.5 Å². The lowest BCUT2D eigenvalue weighted by Crippen LogP contribution is -2.24. The van der Waals surface area contributed by atoms with Gasteiger partial charge in [-0.1, -0.05) is 11.6 Å². The van der Waals surface area contributed by atoms with E-state index in [4.69, 9.17) is 11.5 Å². The summed E-state index contributed by atoms with van der Waals surface area (Å²) in [5, 5.41) is 0. The minimum absolute atomic E-state index is 0.213. The zero-order valence-electron chi connectivity index (χ0n) is 8.75. The predicted molar refractivity (Wildman–Crippen MR) is 55.2 cm³/mol. The zero-order valence-corrected chi connectivity index (χ0v) is 8.75. The van der Waals surface area contributed by atoms with Crippen LogP contribution in [0, 0.1) is 5.92 Å². The molecule has 0 radical (unpaired) electrons. The number of amides is 2. The maximum Gasteiger partial charge on any atom is 0.220 e. The summed E-state index contributed by atoms with van der Waals surface area (Å²) < 4.78 is 0. The normalized spacial score (nSPS) is 11.9. The van der Waals surface area contributed by atoms with Crippen molar-refractivity contribution < 1.29 is 9.59 Å². The molecule has 0 fully saturated rings. The summed E-state index contributed by atoms with van der Waals surface area (Å²) in [6.07, 6.45) is 3.18. The van der Waals surface area contributed by atoms with Crippen LogP contribution in [-0.2, 0) is 9.59 Å². The molecule has 4 nitrogen and oxygen atoms in total. The van der Waals surface area contributed by atoms with Crippen LogP contribution in [-0.4, -0.2) is 11.8 Å². The van der Waals surface area contributed by atoms with E-state index in [1.807, 2.05) is 19.9 Å². The lowest BCUT2D eigenvalue weighted by Gasteiger charge is -2.09. The van der Waals surface area contributed by atoms with Crippen molar-refractivity contribution in [1.82, 2.24) is 0 Å². The molecule has 1 atom stereocenters. The lowest BCUT2D eigenvalue weighted by atomic mass is 9.97. The van der Waals surface area contributed by atoms with E-state index in [2.05, 4.69) is 0 Å². The topological polar surface area (TPSA) is 86.2 Å². The SMILES string of the molecule is CC(C)=CCC(CCC(N)=O)C(N)=O. The Morgan fingerprint density at radius 1 is 1.29 bits per heavy atom. The molecule has 0 aromatic heterocycles. The zero-order chi connectivity index (χ0) is 11.1. The standard InChI is InChI=1S/C10H18N2O2/c1-7(2)3-4-8(10(12)14)5-6-9(11)13/h3,8H,4-6H2,1-2H3,(H2,11,13)(H2,12,14). The first kappa shape index (κ1) is 12.7. The van der Waals surface area contributed by atoms with Crippen LogP contribution in [0.2, 0.25) is 0 Å². The monoisotopic (exact) mass is 198 g/mol. The van der Waals surface area contributed by atoms with E-state index in [0.717, 1.165) is 5.57 Å². The van der Waals surface area contributed by atoms with Gasteiger partial charge in [-0.2, -0.15) is 0 Å². The molecule has 0 saturated carbocycles. The second-order valence-corrected chi connectivity index (χ2v) is 3.62. The van der Waals surface area contributed by atoms with Crippen molar-refractivity contribution in [3.63, 3.8) is 0 Å². The minimum Gasteiger partial charge on any atom is -0.370 e. The first-order valence-corrected chi connectivity index (χ1v) is 4.64. The molecule has 1 unspecified atom stereocenters. The molecule has 4 heteroatoms. The number of rotatable bonds is 6. The average Bonchev–Trinajstić information content (AvgIpc) is 2.02. The smallest absolute Gasteiger partial charge is 0.220 e. The fraction of sp³-hybridized carbons (Fsp3) is 0.600. The van der Waals surface area contributed by atoms with Gasteiger partial charge in [0.05, 0.1) is 0 Å². The van der Waals surface area contributed by atoms with Crippen molar-refractivity contribution in [3.8, 4) is 0 Å². The predicted octanol–water partition coefficient (Wildman–Crippen LogP) is 0.710. The van der Waals surface area contributed by atoms with Gasteiger partial charge in [0.1, 0.15) is 0 Å². The Bertz CT molecular complexity index is 243. The maximum absolute atomic E-state index is 11.0. The minimum atomic E-state index is -0.395. The van der Waals surface area contributed by atoms with E-state index in [-0.39, 0.29) is 18.2 Å². The number of hydrogen-bond donors (Lipinski definition) is 2. The van der Waals surface area contributed by atoms with E-state index in [9.17, 15) is 9.59 Å². The van der Waals surface area contributed by atoms with E-state index in [1.54, 1.807) is 0 Å². The molecule has 0 aliphatic rings. The van der Waals surface area contributed by atoms with Crippen molar-refractivity contribution in [2.24, 2.45) is 17.4 Å². The summed E-state index contributed by atoms with van der Waals surface area (Å²) in [6, 6.07) is 0. The molecule has 0 rings (SSSR count). The summed E-state index contributed by atoms with van der Waals surface area (Å²) in [7, 11) is 0. The second-order valence-electron chi connectivity index (χ2n) is 3.62. The Kier molecular flexibility index (Phi) is 5.60. The fourth-order valence-electron chi connectivity index (χ4n) is 1.07. The van der Waals surface area contributed by atoms with E-state index < -0.39 is 5.91 Å². The molecular weight excluding hydrogens is 180 g/mol. The molecule has 0 heterocycles. The summed E-state index contributed by atoms with van der Waals surface area (Å²) in [4.78, 5) is 21.5. The molecule has 0 aromatic carbocycles. The fourth-order valence-corrected chi connectivity index (χ4v) is 1.07. The number of carbonyl (C=O) groups excluding carboxylic acids is 2. The molecule has 0 spiro atoms. The third kappa shape index (κ3) is 6.22. The van der Waals surface area contributed by atoms with Crippen LogP contribution in [0.1, 0.15) is 33.1 Å². The Morgan fingerprint density at radius 2 is 1.86 bits per heavy atom. The van der Waals surface area contributed by atoms with Crippen molar-refractivity contribution >= 4 is 11.8 Å². The molecule has 0 aromatic rings. The largest absolute Gasteiger partial charge is 0.370 e. The Morgan fingerprint density at radius 3 is 2.21 bits per heavy atom. The van der Waals surface area contributed by atoms with Gasteiger partial charge in [0.15, 0.2) is 0 Å². The highest BCUT2D eigenvalue weighted by molar-refractivity contribution is 5.78. The molecule has 80 valence electrons. The van der Waals surface area contributed by atoms with Crippen molar-refractivity contribution in [1.29, 1.82) is 0 Å². The summed E-state index contributed by atoms with van der Waals surface area (Å²) in [5.74, 6) is -1.05. The molecule has 0 aliphatic heterocycles. The first-order chi connectivity index (χ1) is 6.43. The van der Waals surface area contributed by atoms with Gasteiger partial charge in [-0.15, -0.1) is 0 Å². The molecule has 0 aliphatic carbocycles. The van der Waals surface area contributed by atoms with E-state index >= 15 is 0 Å². The third-order valence-corrected chi connectivity index (χ3v) is 1.95. The summed E-state index contributed by atoms with van der Waals surface area (Å²) in [6.45, 7) is 3.90. The van der Waals surface area contributed by atoms with Gasteiger partial charge >= 0.3 is 0 Å². The number of primary amides is 2. The Hall–Kier alpha value is -1.32. The lowest BCUT2D eigenvalue weighted by molar-refractivity contribution is -0.122. The highest BCUT2D eigenvalue weighted by Crippen LogP contribution is 2.12. The molecule has 0 bridgehead atoms. The average molecular weight is 198 g/mol. The molecule has 14 heavy (non-hydrogen) atoms. The van der Waals surface area contributed by atoms with Crippen LogP contribution in [0.5, 0.6) is 0 Å². The number of hydrogen-bond acceptors (Lipinski definition) is 2.